The van der Waals surface area contributed by atoms with E-state index in [9.17, 15) is 19.2 Å². The minimum atomic E-state index is -0.939. The molecular weight excluding hydrogens is 720 g/mol. The van der Waals surface area contributed by atoms with Crippen molar-refractivity contribution in [1.29, 1.82) is 0 Å². The van der Waals surface area contributed by atoms with Crippen molar-refractivity contribution in [3.8, 4) is 0 Å². The molecule has 0 aromatic rings. The Morgan fingerprint density at radius 3 is 1.50 bits per heavy atom. The summed E-state index contributed by atoms with van der Waals surface area (Å²) in [6, 6.07) is 0. The van der Waals surface area contributed by atoms with Crippen LogP contribution in [0, 0.1) is 0 Å². The highest BCUT2D eigenvalue weighted by Gasteiger charge is 2.20. The Bertz CT molecular complexity index is 924. The van der Waals surface area contributed by atoms with E-state index in [0.29, 0.717) is 39.3 Å². The lowest BCUT2D eigenvalue weighted by Gasteiger charge is -2.21. The Morgan fingerprint density at radius 2 is 1.00 bits per heavy atom. The zero-order valence-electron chi connectivity index (χ0n) is 36.1. The standard InChI is InChI=1S/C43H82N2O11/c1-5-7-9-11-13-15-17-19-21-23-25-27-41(47)53-37-39(56-42(48)28-26-24-22-20-18-16-14-12-10-8-6-2)38-54-43(49)35-44-40(46)36-45(30-32-55-51-4)29-31-52-34-33-50-3/h39H,5-38H2,1-4H3,(H,44,46). The first-order valence-electron chi connectivity index (χ1n) is 22.1. The minimum absolute atomic E-state index is 0.00234. The highest BCUT2D eigenvalue weighted by molar-refractivity contribution is 5.83. The topological polar surface area (TPSA) is 148 Å². The van der Waals surface area contributed by atoms with Gasteiger partial charge in [-0.15, -0.1) is 0 Å². The number of rotatable bonds is 43. The lowest BCUT2D eigenvalue weighted by atomic mass is 10.1. The van der Waals surface area contributed by atoms with Gasteiger partial charge in [0.1, 0.15) is 19.8 Å². The van der Waals surface area contributed by atoms with Crippen LogP contribution in [0.1, 0.15) is 168 Å². The molecule has 0 bridgehead atoms. The molecule has 56 heavy (non-hydrogen) atoms. The molecule has 0 aliphatic rings. The van der Waals surface area contributed by atoms with Gasteiger partial charge < -0.3 is 29.0 Å². The van der Waals surface area contributed by atoms with Crippen molar-refractivity contribution in [3.63, 3.8) is 0 Å². The lowest BCUT2D eigenvalue weighted by molar-refractivity contribution is -0.273. The monoisotopic (exact) mass is 803 g/mol. The largest absolute Gasteiger partial charge is 0.462 e. The second kappa shape index (κ2) is 42.3. The number of carbonyl (C=O) groups excluding carboxylic acids is 4. The Hall–Kier alpha value is -2.32. The van der Waals surface area contributed by atoms with E-state index >= 15 is 0 Å². The molecule has 0 aromatic heterocycles. The summed E-state index contributed by atoms with van der Waals surface area (Å²) in [5.74, 6) is -1.87. The fourth-order valence-corrected chi connectivity index (χ4v) is 6.11. The predicted octanol–water partition coefficient (Wildman–Crippen LogP) is 8.05. The molecule has 1 unspecified atom stereocenters. The summed E-state index contributed by atoms with van der Waals surface area (Å²) in [4.78, 5) is 61.9. The molecule has 0 saturated carbocycles. The Labute approximate surface area is 340 Å². The third-order valence-electron chi connectivity index (χ3n) is 9.52. The summed E-state index contributed by atoms with van der Waals surface area (Å²) in [7, 11) is 3.00. The summed E-state index contributed by atoms with van der Waals surface area (Å²) in [6.07, 6.45) is 25.5. The van der Waals surface area contributed by atoms with E-state index in [1.807, 2.05) is 4.90 Å². The first-order valence-corrected chi connectivity index (χ1v) is 22.1. The highest BCUT2D eigenvalue weighted by Crippen LogP contribution is 2.14. The average molecular weight is 803 g/mol. The molecule has 0 rings (SSSR count). The van der Waals surface area contributed by atoms with Gasteiger partial charge in [0.05, 0.1) is 40.1 Å². The molecule has 0 saturated heterocycles. The summed E-state index contributed by atoms with van der Waals surface area (Å²) in [5, 5.41) is 2.57. The first-order chi connectivity index (χ1) is 27.4. The Balaban J connectivity index is 4.73. The molecule has 1 N–H and O–H groups in total. The number of hydrogen-bond donors (Lipinski definition) is 1. The van der Waals surface area contributed by atoms with Crippen molar-refractivity contribution < 1.29 is 52.6 Å². The maximum atomic E-state index is 12.7. The Kier molecular flexibility index (Phi) is 40.5. The van der Waals surface area contributed by atoms with Crippen LogP contribution in [0.4, 0.5) is 0 Å². The van der Waals surface area contributed by atoms with Crippen molar-refractivity contribution in [2.45, 2.75) is 174 Å². The van der Waals surface area contributed by atoms with Gasteiger partial charge in [0.2, 0.25) is 5.91 Å². The summed E-state index contributed by atoms with van der Waals surface area (Å²) in [5.41, 5.74) is 0. The van der Waals surface area contributed by atoms with Gasteiger partial charge in [-0.1, -0.05) is 142 Å². The van der Waals surface area contributed by atoms with E-state index in [1.165, 1.54) is 103 Å². The second-order valence-electron chi connectivity index (χ2n) is 14.7. The third-order valence-corrected chi connectivity index (χ3v) is 9.52. The van der Waals surface area contributed by atoms with Crippen LogP contribution in [0.15, 0.2) is 0 Å². The molecule has 0 aromatic carbocycles. The molecule has 0 spiro atoms. The van der Waals surface area contributed by atoms with Crippen LogP contribution < -0.4 is 5.32 Å². The molecule has 0 radical (unpaired) electrons. The third kappa shape index (κ3) is 38.5. The van der Waals surface area contributed by atoms with E-state index in [0.717, 1.165) is 38.5 Å². The number of hydrogen-bond acceptors (Lipinski definition) is 12. The minimum Gasteiger partial charge on any atom is -0.462 e. The van der Waals surface area contributed by atoms with Crippen LogP contribution in [-0.4, -0.2) is 115 Å². The van der Waals surface area contributed by atoms with Crippen molar-refractivity contribution in [2.75, 3.05) is 80.0 Å². The number of carbonyl (C=O) groups is 4. The SMILES string of the molecule is CCCCCCCCCCCCCC(=O)OCC(COC(=O)CNC(=O)CN(CCOCCOC)CCOOC)OC(=O)CCCCCCCCCCCCC. The number of amides is 1. The summed E-state index contributed by atoms with van der Waals surface area (Å²) >= 11 is 0. The van der Waals surface area contributed by atoms with Crippen LogP contribution >= 0.6 is 0 Å². The number of esters is 3. The number of methoxy groups -OCH3 is 1. The number of nitrogens with one attached hydrogen (secondary N) is 1. The van der Waals surface area contributed by atoms with E-state index in [-0.39, 0.29) is 57.6 Å². The quantitative estimate of drug-likeness (QED) is 0.0209. The maximum absolute atomic E-state index is 12.7. The van der Waals surface area contributed by atoms with Crippen LogP contribution in [0.2, 0.25) is 0 Å². The zero-order valence-corrected chi connectivity index (χ0v) is 36.1. The van der Waals surface area contributed by atoms with Crippen LogP contribution in [0.3, 0.4) is 0 Å². The molecule has 0 fully saturated rings. The average Bonchev–Trinajstić information content (AvgIpc) is 3.19. The number of nitrogens with zero attached hydrogens (tertiary/aromatic N) is 1. The van der Waals surface area contributed by atoms with Crippen molar-refractivity contribution in [3.05, 3.63) is 0 Å². The molecule has 1 amide bonds. The smallest absolute Gasteiger partial charge is 0.325 e. The van der Waals surface area contributed by atoms with Gasteiger partial charge in [0.25, 0.3) is 0 Å². The van der Waals surface area contributed by atoms with Crippen LogP contribution in [0.25, 0.3) is 0 Å². The normalized spacial score (nSPS) is 11.8. The second-order valence-corrected chi connectivity index (χ2v) is 14.7. The molecule has 0 aliphatic heterocycles. The Morgan fingerprint density at radius 1 is 0.536 bits per heavy atom. The number of unbranched alkanes of at least 4 members (excludes halogenated alkanes) is 20. The van der Waals surface area contributed by atoms with Gasteiger partial charge in [-0.05, 0) is 12.8 Å². The lowest BCUT2D eigenvalue weighted by Crippen LogP contribution is -2.42. The fourth-order valence-electron chi connectivity index (χ4n) is 6.11. The van der Waals surface area contributed by atoms with Crippen LogP contribution in [0.5, 0.6) is 0 Å². The molecule has 0 heterocycles. The first kappa shape index (κ1) is 53.7. The van der Waals surface area contributed by atoms with Crippen molar-refractivity contribution in [2.24, 2.45) is 0 Å². The maximum Gasteiger partial charge on any atom is 0.325 e. The van der Waals surface area contributed by atoms with Crippen molar-refractivity contribution >= 4 is 23.8 Å². The van der Waals surface area contributed by atoms with E-state index in [2.05, 4.69) is 24.1 Å². The number of ether oxygens (including phenoxy) is 5. The van der Waals surface area contributed by atoms with E-state index < -0.39 is 18.0 Å². The van der Waals surface area contributed by atoms with Gasteiger partial charge >= 0.3 is 17.9 Å². The van der Waals surface area contributed by atoms with Crippen molar-refractivity contribution in [1.82, 2.24) is 10.2 Å². The molecule has 330 valence electrons. The molecule has 0 aliphatic carbocycles. The highest BCUT2D eigenvalue weighted by atomic mass is 17.2. The van der Waals surface area contributed by atoms with Gasteiger partial charge in [0, 0.05) is 33.0 Å². The molecular formula is C43H82N2O11. The van der Waals surface area contributed by atoms with Crippen LogP contribution in [-0.2, 0) is 52.6 Å². The van der Waals surface area contributed by atoms with Gasteiger partial charge in [-0.3, -0.25) is 24.1 Å². The summed E-state index contributed by atoms with van der Waals surface area (Å²) < 4.78 is 26.9. The fraction of sp³-hybridized carbons (Fsp3) is 0.907. The summed E-state index contributed by atoms with van der Waals surface area (Å²) in [6.45, 7) is 6.00. The molecule has 1 atom stereocenters. The molecule has 13 heteroatoms. The zero-order chi connectivity index (χ0) is 41.2. The van der Waals surface area contributed by atoms with Gasteiger partial charge in [-0.2, -0.15) is 0 Å². The molecule has 13 nitrogen and oxygen atoms in total. The van der Waals surface area contributed by atoms with E-state index in [4.69, 9.17) is 28.6 Å². The van der Waals surface area contributed by atoms with E-state index in [1.54, 1.807) is 7.11 Å². The van der Waals surface area contributed by atoms with Gasteiger partial charge in [0.15, 0.2) is 6.10 Å². The van der Waals surface area contributed by atoms with Gasteiger partial charge in [-0.25, -0.2) is 9.78 Å². The predicted molar refractivity (Wildman–Crippen MR) is 219 cm³/mol.